The lowest BCUT2D eigenvalue weighted by Crippen LogP contribution is -2.30. The molecule has 0 aromatic heterocycles. The van der Waals surface area contributed by atoms with Gasteiger partial charge in [-0.1, -0.05) is 30.3 Å². The van der Waals surface area contributed by atoms with Crippen LogP contribution in [0.3, 0.4) is 0 Å². The van der Waals surface area contributed by atoms with Crippen molar-refractivity contribution in [3.8, 4) is 0 Å². The number of alkyl halides is 3. The molecule has 1 saturated heterocycles. The minimum absolute atomic E-state index is 0.331. The standard InChI is InChI=1S/C19H16F3NO4/c20-19(21,22)13-9-10-14(15(11-13)23(25)26)18(24)17-8-4-7-16(27-17)12-5-2-1-3-6-12/h1-3,5-6,9-11,16-17H,4,7-8H2. The Hall–Kier alpha value is -2.74. The van der Waals surface area contributed by atoms with E-state index in [4.69, 9.17) is 4.74 Å². The van der Waals surface area contributed by atoms with Crippen LogP contribution in [0.25, 0.3) is 0 Å². The van der Waals surface area contributed by atoms with Gasteiger partial charge in [-0.25, -0.2) is 0 Å². The Morgan fingerprint density at radius 1 is 1.11 bits per heavy atom. The molecule has 0 bridgehead atoms. The normalized spacial score (nSPS) is 20.3. The first-order chi connectivity index (χ1) is 12.8. The summed E-state index contributed by atoms with van der Waals surface area (Å²) in [4.78, 5) is 23.0. The molecular formula is C19H16F3NO4. The van der Waals surface area contributed by atoms with Crippen molar-refractivity contribution in [1.29, 1.82) is 0 Å². The van der Waals surface area contributed by atoms with Crippen molar-refractivity contribution >= 4 is 11.5 Å². The minimum Gasteiger partial charge on any atom is -0.362 e. The second-order valence-corrected chi connectivity index (χ2v) is 6.31. The second-order valence-electron chi connectivity index (χ2n) is 6.31. The van der Waals surface area contributed by atoms with Crippen LogP contribution in [0.1, 0.15) is 46.9 Å². The molecule has 0 aliphatic carbocycles. The number of Topliss-reactive ketones (excluding diaryl/α,β-unsaturated/α-hetero) is 1. The number of hydrogen-bond acceptors (Lipinski definition) is 4. The molecule has 2 atom stereocenters. The maximum absolute atomic E-state index is 12.8. The van der Waals surface area contributed by atoms with E-state index < -0.39 is 34.2 Å². The molecule has 2 unspecified atom stereocenters. The molecule has 142 valence electrons. The molecule has 0 N–H and O–H groups in total. The highest BCUT2D eigenvalue weighted by Gasteiger charge is 2.36. The number of hydrogen-bond donors (Lipinski definition) is 0. The third-order valence-electron chi connectivity index (χ3n) is 4.51. The van der Waals surface area contributed by atoms with Crippen LogP contribution in [-0.2, 0) is 10.9 Å². The lowest BCUT2D eigenvalue weighted by atomic mass is 9.93. The third-order valence-corrected chi connectivity index (χ3v) is 4.51. The quantitative estimate of drug-likeness (QED) is 0.421. The molecule has 27 heavy (non-hydrogen) atoms. The lowest BCUT2D eigenvalue weighted by Gasteiger charge is -2.29. The smallest absolute Gasteiger partial charge is 0.362 e. The Morgan fingerprint density at radius 3 is 2.44 bits per heavy atom. The Labute approximate surface area is 152 Å². The van der Waals surface area contributed by atoms with Gasteiger partial charge >= 0.3 is 6.18 Å². The van der Waals surface area contributed by atoms with Gasteiger partial charge in [0.25, 0.3) is 5.69 Å². The van der Waals surface area contributed by atoms with Gasteiger partial charge in [0.05, 0.1) is 22.2 Å². The molecule has 0 amide bonds. The summed E-state index contributed by atoms with van der Waals surface area (Å²) in [7, 11) is 0. The number of rotatable bonds is 4. The first-order valence-corrected chi connectivity index (χ1v) is 8.37. The number of carbonyl (C=O) groups is 1. The molecule has 0 saturated carbocycles. The molecule has 2 aromatic carbocycles. The van der Waals surface area contributed by atoms with E-state index in [9.17, 15) is 28.1 Å². The summed E-state index contributed by atoms with van der Waals surface area (Å²) < 4.78 is 44.3. The maximum atomic E-state index is 12.8. The van der Waals surface area contributed by atoms with Crippen molar-refractivity contribution in [3.63, 3.8) is 0 Å². The van der Waals surface area contributed by atoms with Crippen molar-refractivity contribution in [2.75, 3.05) is 0 Å². The van der Waals surface area contributed by atoms with Gasteiger partial charge in [0.1, 0.15) is 6.10 Å². The average molecular weight is 379 g/mol. The van der Waals surface area contributed by atoms with Gasteiger partial charge in [0, 0.05) is 6.07 Å². The number of halogens is 3. The monoisotopic (exact) mass is 379 g/mol. The van der Waals surface area contributed by atoms with E-state index in [2.05, 4.69) is 0 Å². The predicted molar refractivity (Wildman–Crippen MR) is 90.3 cm³/mol. The Morgan fingerprint density at radius 2 is 1.81 bits per heavy atom. The van der Waals surface area contributed by atoms with E-state index in [1.807, 2.05) is 30.3 Å². The number of nitrogens with zero attached hydrogens (tertiary/aromatic N) is 1. The molecule has 5 nitrogen and oxygen atoms in total. The van der Waals surface area contributed by atoms with Gasteiger partial charge < -0.3 is 4.74 Å². The zero-order chi connectivity index (χ0) is 19.6. The zero-order valence-corrected chi connectivity index (χ0v) is 14.1. The molecule has 0 spiro atoms. The Balaban J connectivity index is 1.87. The SMILES string of the molecule is O=C(c1ccc(C(F)(F)F)cc1[N+](=O)[O-])C1CCCC(c2ccccc2)O1. The van der Waals surface area contributed by atoms with E-state index in [0.717, 1.165) is 11.6 Å². The van der Waals surface area contributed by atoms with Crippen molar-refractivity contribution < 1.29 is 27.6 Å². The van der Waals surface area contributed by atoms with Gasteiger partial charge in [0.2, 0.25) is 0 Å². The summed E-state index contributed by atoms with van der Waals surface area (Å²) in [5, 5.41) is 11.2. The van der Waals surface area contributed by atoms with Crippen LogP contribution in [0.4, 0.5) is 18.9 Å². The molecule has 1 fully saturated rings. The third kappa shape index (κ3) is 4.16. The number of carbonyl (C=O) groups excluding carboxylic acids is 1. The van der Waals surface area contributed by atoms with Crippen LogP contribution in [0, 0.1) is 10.1 Å². The largest absolute Gasteiger partial charge is 0.416 e. The highest BCUT2D eigenvalue weighted by atomic mass is 19.4. The summed E-state index contributed by atoms with van der Waals surface area (Å²) >= 11 is 0. The molecule has 3 rings (SSSR count). The van der Waals surface area contributed by atoms with Crippen LogP contribution in [0.5, 0.6) is 0 Å². The van der Waals surface area contributed by atoms with Gasteiger partial charge in [-0.05, 0) is 37.0 Å². The fourth-order valence-corrected chi connectivity index (χ4v) is 3.17. The van der Waals surface area contributed by atoms with E-state index in [0.29, 0.717) is 31.4 Å². The molecular weight excluding hydrogens is 363 g/mol. The number of ketones is 1. The first-order valence-electron chi connectivity index (χ1n) is 8.37. The van der Waals surface area contributed by atoms with E-state index in [-0.39, 0.29) is 11.7 Å². The molecule has 2 aromatic rings. The molecule has 1 aliphatic heterocycles. The minimum atomic E-state index is -4.73. The summed E-state index contributed by atoms with van der Waals surface area (Å²) in [6, 6.07) is 11.2. The summed E-state index contributed by atoms with van der Waals surface area (Å²) in [6.45, 7) is 0. The number of ether oxygens (including phenoxy) is 1. The van der Waals surface area contributed by atoms with Crippen LogP contribution in [0.2, 0.25) is 0 Å². The fourth-order valence-electron chi connectivity index (χ4n) is 3.17. The zero-order valence-electron chi connectivity index (χ0n) is 14.1. The number of benzene rings is 2. The highest BCUT2D eigenvalue weighted by molar-refractivity contribution is 6.03. The Kier molecular flexibility index (Phi) is 5.27. The average Bonchev–Trinajstić information content (AvgIpc) is 2.67. The second kappa shape index (κ2) is 7.48. The van der Waals surface area contributed by atoms with E-state index in [1.54, 1.807) is 0 Å². The van der Waals surface area contributed by atoms with Gasteiger partial charge in [-0.15, -0.1) is 0 Å². The molecule has 1 aliphatic rings. The highest BCUT2D eigenvalue weighted by Crippen LogP contribution is 2.36. The van der Waals surface area contributed by atoms with Crippen molar-refractivity contribution in [1.82, 2.24) is 0 Å². The topological polar surface area (TPSA) is 69.4 Å². The summed E-state index contributed by atoms with van der Waals surface area (Å²) in [6.07, 6.45) is -4.26. The lowest BCUT2D eigenvalue weighted by molar-refractivity contribution is -0.385. The van der Waals surface area contributed by atoms with Crippen LogP contribution >= 0.6 is 0 Å². The van der Waals surface area contributed by atoms with Crippen LogP contribution < -0.4 is 0 Å². The van der Waals surface area contributed by atoms with Crippen LogP contribution in [-0.4, -0.2) is 16.8 Å². The fraction of sp³-hybridized carbons (Fsp3) is 0.316. The molecule has 8 heteroatoms. The first kappa shape index (κ1) is 19.0. The van der Waals surface area contributed by atoms with Gasteiger partial charge in [-0.3, -0.25) is 14.9 Å². The van der Waals surface area contributed by atoms with Gasteiger partial charge in [0.15, 0.2) is 5.78 Å². The van der Waals surface area contributed by atoms with Gasteiger partial charge in [-0.2, -0.15) is 13.2 Å². The number of nitro groups is 1. The van der Waals surface area contributed by atoms with Crippen LogP contribution in [0.15, 0.2) is 48.5 Å². The van der Waals surface area contributed by atoms with E-state index in [1.165, 1.54) is 0 Å². The maximum Gasteiger partial charge on any atom is 0.416 e. The predicted octanol–water partition coefficient (Wildman–Crippen LogP) is 5.11. The summed E-state index contributed by atoms with van der Waals surface area (Å²) in [5.74, 6) is -0.670. The van der Waals surface area contributed by atoms with Crippen molar-refractivity contribution in [3.05, 3.63) is 75.3 Å². The van der Waals surface area contributed by atoms with E-state index >= 15 is 0 Å². The summed E-state index contributed by atoms with van der Waals surface area (Å²) in [5.41, 5.74) is -1.51. The van der Waals surface area contributed by atoms with Crippen molar-refractivity contribution in [2.24, 2.45) is 0 Å². The Bertz CT molecular complexity index is 852. The molecule has 1 heterocycles. The van der Waals surface area contributed by atoms with Crippen molar-refractivity contribution in [2.45, 2.75) is 37.6 Å². The molecule has 0 radical (unpaired) electrons. The number of nitro benzene ring substituents is 1.